The number of carbonyl (C=O) groups is 2. The largest absolute Gasteiger partial charge is 0.353 e. The smallest absolute Gasteiger partial charge is 0.223 e. The molecule has 2 fully saturated rings. The Kier molecular flexibility index (Phi) is 4.83. The minimum Gasteiger partial charge on any atom is -0.353 e. The first-order valence-electron chi connectivity index (χ1n) is 7.71. The summed E-state index contributed by atoms with van der Waals surface area (Å²) < 4.78 is 0. The van der Waals surface area contributed by atoms with Crippen molar-refractivity contribution in [3.05, 3.63) is 0 Å². The van der Waals surface area contributed by atoms with Gasteiger partial charge in [0.25, 0.3) is 0 Å². The van der Waals surface area contributed by atoms with Crippen LogP contribution in [0.4, 0.5) is 0 Å². The third-order valence-corrected chi connectivity index (χ3v) is 4.39. The molecular weight excluding hydrogens is 240 g/mol. The zero-order valence-electron chi connectivity index (χ0n) is 12.1. The lowest BCUT2D eigenvalue weighted by Gasteiger charge is -2.28. The second kappa shape index (κ2) is 6.40. The van der Waals surface area contributed by atoms with Gasteiger partial charge in [0, 0.05) is 23.9 Å². The van der Waals surface area contributed by atoms with Crippen molar-refractivity contribution in [3.8, 4) is 0 Å². The fourth-order valence-electron chi connectivity index (χ4n) is 2.63. The van der Waals surface area contributed by atoms with Gasteiger partial charge < -0.3 is 10.6 Å². The lowest BCUT2D eigenvalue weighted by atomic mass is 9.81. The number of nitrogens with one attached hydrogen (secondary N) is 2. The van der Waals surface area contributed by atoms with Gasteiger partial charge in [0.1, 0.15) is 0 Å². The standard InChI is InChI=1S/C15H26N2O2/c1-3-10(2)16-14(18)11-4-6-12(7-5-11)15(19)17-13-8-9-13/h10-13H,3-9H2,1-2H3,(H,16,18)(H,17,19). The minimum absolute atomic E-state index is 0.110. The van der Waals surface area contributed by atoms with Crippen LogP contribution in [-0.4, -0.2) is 23.9 Å². The molecule has 0 bridgehead atoms. The van der Waals surface area contributed by atoms with E-state index in [0.717, 1.165) is 44.9 Å². The van der Waals surface area contributed by atoms with Crippen molar-refractivity contribution in [2.75, 3.05) is 0 Å². The van der Waals surface area contributed by atoms with E-state index in [4.69, 9.17) is 0 Å². The number of rotatable bonds is 5. The molecule has 2 aliphatic carbocycles. The van der Waals surface area contributed by atoms with Crippen LogP contribution in [0.5, 0.6) is 0 Å². The predicted molar refractivity (Wildman–Crippen MR) is 74.5 cm³/mol. The molecule has 0 aromatic carbocycles. The topological polar surface area (TPSA) is 58.2 Å². The van der Waals surface area contributed by atoms with Crippen molar-refractivity contribution in [2.24, 2.45) is 11.8 Å². The highest BCUT2D eigenvalue weighted by atomic mass is 16.2. The van der Waals surface area contributed by atoms with Crippen molar-refractivity contribution in [1.29, 1.82) is 0 Å². The molecule has 2 amide bonds. The van der Waals surface area contributed by atoms with Crippen molar-refractivity contribution < 1.29 is 9.59 Å². The van der Waals surface area contributed by atoms with E-state index in [1.165, 1.54) is 0 Å². The number of carbonyl (C=O) groups excluding carboxylic acids is 2. The Hall–Kier alpha value is -1.06. The van der Waals surface area contributed by atoms with Gasteiger partial charge in [-0.3, -0.25) is 9.59 Å². The zero-order chi connectivity index (χ0) is 13.8. The van der Waals surface area contributed by atoms with Crippen molar-refractivity contribution in [3.63, 3.8) is 0 Å². The molecule has 4 heteroatoms. The molecule has 2 N–H and O–H groups in total. The SMILES string of the molecule is CCC(C)NC(=O)C1CCC(C(=O)NC2CC2)CC1. The Bertz CT molecular complexity index is 331. The van der Waals surface area contributed by atoms with E-state index in [9.17, 15) is 9.59 Å². The third kappa shape index (κ3) is 4.22. The minimum atomic E-state index is 0.110. The molecule has 4 nitrogen and oxygen atoms in total. The fourth-order valence-corrected chi connectivity index (χ4v) is 2.63. The molecular formula is C15H26N2O2. The van der Waals surface area contributed by atoms with Crippen LogP contribution < -0.4 is 10.6 Å². The van der Waals surface area contributed by atoms with E-state index in [1.807, 2.05) is 6.92 Å². The molecule has 2 rings (SSSR count). The summed E-state index contributed by atoms with van der Waals surface area (Å²) in [6.45, 7) is 4.11. The molecule has 0 spiro atoms. The highest BCUT2D eigenvalue weighted by Crippen LogP contribution is 2.30. The third-order valence-electron chi connectivity index (χ3n) is 4.39. The molecule has 0 aromatic heterocycles. The monoisotopic (exact) mass is 266 g/mol. The number of hydrogen-bond donors (Lipinski definition) is 2. The summed E-state index contributed by atoms with van der Waals surface area (Å²) in [7, 11) is 0. The highest BCUT2D eigenvalue weighted by molar-refractivity contribution is 5.81. The van der Waals surface area contributed by atoms with Crippen molar-refractivity contribution in [2.45, 2.75) is 70.9 Å². The highest BCUT2D eigenvalue weighted by Gasteiger charge is 2.32. The van der Waals surface area contributed by atoms with Crippen LogP contribution in [0.1, 0.15) is 58.8 Å². The summed E-state index contributed by atoms with van der Waals surface area (Å²) in [6, 6.07) is 0.697. The maximum absolute atomic E-state index is 12.0. The van der Waals surface area contributed by atoms with Gasteiger partial charge >= 0.3 is 0 Å². The molecule has 0 aromatic rings. The van der Waals surface area contributed by atoms with E-state index in [-0.39, 0.29) is 29.7 Å². The molecule has 19 heavy (non-hydrogen) atoms. The molecule has 1 atom stereocenters. The Labute approximate surface area is 115 Å². The van der Waals surface area contributed by atoms with Gasteiger partial charge in [-0.05, 0) is 51.9 Å². The zero-order valence-corrected chi connectivity index (χ0v) is 12.1. The molecule has 0 aliphatic heterocycles. The van der Waals surface area contributed by atoms with E-state index >= 15 is 0 Å². The van der Waals surface area contributed by atoms with Crippen LogP contribution >= 0.6 is 0 Å². The van der Waals surface area contributed by atoms with Crippen LogP contribution in [0.2, 0.25) is 0 Å². The summed E-state index contributed by atoms with van der Waals surface area (Å²) in [4.78, 5) is 24.0. The average Bonchev–Trinajstić information content (AvgIpc) is 3.22. The Balaban J connectivity index is 1.71. The average molecular weight is 266 g/mol. The van der Waals surface area contributed by atoms with Gasteiger partial charge in [-0.2, -0.15) is 0 Å². The molecule has 108 valence electrons. The van der Waals surface area contributed by atoms with Crippen molar-refractivity contribution in [1.82, 2.24) is 10.6 Å². The Morgan fingerprint density at radius 1 is 1.00 bits per heavy atom. The Morgan fingerprint density at radius 2 is 1.53 bits per heavy atom. The molecule has 2 saturated carbocycles. The summed E-state index contributed by atoms with van der Waals surface area (Å²) in [6.07, 6.45) is 6.66. The normalized spacial score (nSPS) is 28.5. The molecule has 0 heterocycles. The van der Waals surface area contributed by atoms with Gasteiger partial charge in [0.15, 0.2) is 0 Å². The maximum atomic E-state index is 12.0. The first-order valence-corrected chi connectivity index (χ1v) is 7.71. The molecule has 0 saturated heterocycles. The van der Waals surface area contributed by atoms with Crippen LogP contribution in [0, 0.1) is 11.8 Å². The van der Waals surface area contributed by atoms with E-state index < -0.39 is 0 Å². The first-order chi connectivity index (χ1) is 9.10. The quantitative estimate of drug-likeness (QED) is 0.799. The summed E-state index contributed by atoms with van der Waals surface area (Å²) in [5.41, 5.74) is 0. The maximum Gasteiger partial charge on any atom is 0.223 e. The second-order valence-electron chi connectivity index (χ2n) is 6.15. The first kappa shape index (κ1) is 14.4. The van der Waals surface area contributed by atoms with Crippen LogP contribution in [-0.2, 0) is 9.59 Å². The van der Waals surface area contributed by atoms with Crippen LogP contribution in [0.3, 0.4) is 0 Å². The number of hydrogen-bond acceptors (Lipinski definition) is 2. The van der Waals surface area contributed by atoms with Gasteiger partial charge in [-0.1, -0.05) is 6.92 Å². The lowest BCUT2D eigenvalue weighted by molar-refractivity contribution is -0.131. The van der Waals surface area contributed by atoms with Crippen LogP contribution in [0.15, 0.2) is 0 Å². The van der Waals surface area contributed by atoms with E-state index in [2.05, 4.69) is 17.6 Å². The number of amides is 2. The van der Waals surface area contributed by atoms with Gasteiger partial charge in [0.05, 0.1) is 0 Å². The second-order valence-corrected chi connectivity index (χ2v) is 6.15. The predicted octanol–water partition coefficient (Wildman–Crippen LogP) is 1.99. The van der Waals surface area contributed by atoms with Gasteiger partial charge in [-0.15, -0.1) is 0 Å². The summed E-state index contributed by atoms with van der Waals surface area (Å²) in [5, 5.41) is 6.12. The summed E-state index contributed by atoms with van der Waals surface area (Å²) >= 11 is 0. The lowest BCUT2D eigenvalue weighted by Crippen LogP contribution is -2.40. The van der Waals surface area contributed by atoms with E-state index in [1.54, 1.807) is 0 Å². The molecule has 1 unspecified atom stereocenters. The van der Waals surface area contributed by atoms with Crippen molar-refractivity contribution >= 4 is 11.8 Å². The molecule has 0 radical (unpaired) electrons. The van der Waals surface area contributed by atoms with E-state index in [0.29, 0.717) is 6.04 Å². The van der Waals surface area contributed by atoms with Crippen LogP contribution in [0.25, 0.3) is 0 Å². The summed E-state index contributed by atoms with van der Waals surface area (Å²) in [5.74, 6) is 0.630. The Morgan fingerprint density at radius 3 is 2.00 bits per heavy atom. The van der Waals surface area contributed by atoms with Gasteiger partial charge in [0.2, 0.25) is 11.8 Å². The fraction of sp³-hybridized carbons (Fsp3) is 0.867. The molecule has 2 aliphatic rings. The van der Waals surface area contributed by atoms with Gasteiger partial charge in [-0.25, -0.2) is 0 Å².